The average Bonchev–Trinajstić information content (AvgIpc) is 2.06. The van der Waals surface area contributed by atoms with Crippen molar-refractivity contribution < 1.29 is 0 Å². The Balaban J connectivity index is 2.11. The van der Waals surface area contributed by atoms with Crippen LogP contribution in [0.2, 0.25) is 0 Å². The molecular formula is C10H22N2. The molecule has 0 spiro atoms. The maximum absolute atomic E-state index is 3.45. The number of piperidine rings is 1. The number of rotatable bonds is 4. The summed E-state index contributed by atoms with van der Waals surface area (Å²) in [6.45, 7) is 9.40. The van der Waals surface area contributed by atoms with Crippen LogP contribution in [0.5, 0.6) is 0 Å². The van der Waals surface area contributed by atoms with Gasteiger partial charge in [0, 0.05) is 12.6 Å². The Labute approximate surface area is 76.3 Å². The van der Waals surface area contributed by atoms with E-state index >= 15 is 0 Å². The van der Waals surface area contributed by atoms with Crippen molar-refractivity contribution in [2.75, 3.05) is 26.2 Å². The molecule has 1 heterocycles. The van der Waals surface area contributed by atoms with Gasteiger partial charge in [0.05, 0.1) is 0 Å². The van der Waals surface area contributed by atoms with Crippen molar-refractivity contribution in [1.82, 2.24) is 10.2 Å². The van der Waals surface area contributed by atoms with E-state index < -0.39 is 0 Å². The van der Waals surface area contributed by atoms with Crippen LogP contribution >= 0.6 is 0 Å². The van der Waals surface area contributed by atoms with Crippen molar-refractivity contribution in [2.24, 2.45) is 0 Å². The molecule has 0 unspecified atom stereocenters. The highest BCUT2D eigenvalue weighted by Gasteiger charge is 2.11. The summed E-state index contributed by atoms with van der Waals surface area (Å²) in [6.07, 6.45) is 4.24. The van der Waals surface area contributed by atoms with Gasteiger partial charge in [0.1, 0.15) is 0 Å². The Morgan fingerprint density at radius 1 is 1.25 bits per heavy atom. The monoisotopic (exact) mass is 170 g/mol. The zero-order valence-corrected chi connectivity index (χ0v) is 8.47. The SMILES string of the molecule is CCN[C@@H](C)CN1CCCCC1. The van der Waals surface area contributed by atoms with Crippen molar-refractivity contribution in [3.63, 3.8) is 0 Å². The van der Waals surface area contributed by atoms with Crippen LogP contribution in [0.3, 0.4) is 0 Å². The van der Waals surface area contributed by atoms with Crippen LogP contribution in [0.1, 0.15) is 33.1 Å². The second-order valence-electron chi connectivity index (χ2n) is 3.82. The topological polar surface area (TPSA) is 15.3 Å². The van der Waals surface area contributed by atoms with E-state index in [0.717, 1.165) is 6.54 Å². The molecule has 12 heavy (non-hydrogen) atoms. The smallest absolute Gasteiger partial charge is 0.0166 e. The van der Waals surface area contributed by atoms with Gasteiger partial charge in [-0.25, -0.2) is 0 Å². The van der Waals surface area contributed by atoms with Crippen molar-refractivity contribution in [3.05, 3.63) is 0 Å². The highest BCUT2D eigenvalue weighted by Crippen LogP contribution is 2.08. The average molecular weight is 170 g/mol. The highest BCUT2D eigenvalue weighted by molar-refractivity contribution is 4.70. The fourth-order valence-corrected chi connectivity index (χ4v) is 1.94. The summed E-state index contributed by atoms with van der Waals surface area (Å²) < 4.78 is 0. The van der Waals surface area contributed by atoms with Gasteiger partial charge in [-0.05, 0) is 39.4 Å². The number of likely N-dealkylation sites (tertiary alicyclic amines) is 1. The van der Waals surface area contributed by atoms with Crippen LogP contribution in [0, 0.1) is 0 Å². The van der Waals surface area contributed by atoms with Crippen LogP contribution in [0.4, 0.5) is 0 Å². The Kier molecular flexibility index (Phi) is 4.62. The van der Waals surface area contributed by atoms with Gasteiger partial charge >= 0.3 is 0 Å². The summed E-state index contributed by atoms with van der Waals surface area (Å²) in [5.41, 5.74) is 0. The summed E-state index contributed by atoms with van der Waals surface area (Å²) in [7, 11) is 0. The lowest BCUT2D eigenvalue weighted by Gasteiger charge is -2.29. The van der Waals surface area contributed by atoms with Gasteiger partial charge < -0.3 is 10.2 Å². The van der Waals surface area contributed by atoms with Crippen LogP contribution < -0.4 is 5.32 Å². The molecule has 2 heteroatoms. The predicted octanol–water partition coefficient (Wildman–Crippen LogP) is 1.47. The van der Waals surface area contributed by atoms with Gasteiger partial charge in [-0.3, -0.25) is 0 Å². The normalized spacial score (nSPS) is 22.5. The van der Waals surface area contributed by atoms with E-state index in [0.29, 0.717) is 6.04 Å². The van der Waals surface area contributed by atoms with Gasteiger partial charge in [-0.2, -0.15) is 0 Å². The Morgan fingerprint density at radius 2 is 1.92 bits per heavy atom. The Hall–Kier alpha value is -0.0800. The van der Waals surface area contributed by atoms with E-state index in [1.807, 2.05) is 0 Å². The van der Waals surface area contributed by atoms with Crippen LogP contribution in [-0.2, 0) is 0 Å². The van der Waals surface area contributed by atoms with E-state index in [4.69, 9.17) is 0 Å². The molecule has 1 fully saturated rings. The molecule has 1 aliphatic rings. The summed E-state index contributed by atoms with van der Waals surface area (Å²) in [4.78, 5) is 2.58. The zero-order chi connectivity index (χ0) is 8.81. The maximum Gasteiger partial charge on any atom is 0.0166 e. The molecule has 1 N–H and O–H groups in total. The molecule has 0 aliphatic carbocycles. The molecule has 0 aromatic rings. The van der Waals surface area contributed by atoms with Gasteiger partial charge in [0.2, 0.25) is 0 Å². The van der Waals surface area contributed by atoms with E-state index in [2.05, 4.69) is 24.1 Å². The third kappa shape index (κ3) is 3.55. The molecular weight excluding hydrogens is 148 g/mol. The first-order valence-corrected chi connectivity index (χ1v) is 5.28. The molecule has 1 aliphatic heterocycles. The zero-order valence-electron chi connectivity index (χ0n) is 8.47. The molecule has 2 nitrogen and oxygen atoms in total. The van der Waals surface area contributed by atoms with Crippen molar-refractivity contribution in [3.8, 4) is 0 Å². The van der Waals surface area contributed by atoms with Crippen molar-refractivity contribution in [2.45, 2.75) is 39.2 Å². The highest BCUT2D eigenvalue weighted by atomic mass is 15.1. The first-order valence-electron chi connectivity index (χ1n) is 5.28. The summed E-state index contributed by atoms with van der Waals surface area (Å²) >= 11 is 0. The number of hydrogen-bond donors (Lipinski definition) is 1. The van der Waals surface area contributed by atoms with E-state index in [9.17, 15) is 0 Å². The molecule has 0 aromatic heterocycles. The molecule has 0 saturated carbocycles. The lowest BCUT2D eigenvalue weighted by molar-refractivity contribution is 0.210. The van der Waals surface area contributed by atoms with E-state index in [1.54, 1.807) is 0 Å². The minimum Gasteiger partial charge on any atom is -0.313 e. The Bertz CT molecular complexity index is 108. The Morgan fingerprint density at radius 3 is 2.50 bits per heavy atom. The van der Waals surface area contributed by atoms with E-state index in [-0.39, 0.29) is 0 Å². The molecule has 0 radical (unpaired) electrons. The lowest BCUT2D eigenvalue weighted by Crippen LogP contribution is -2.41. The van der Waals surface area contributed by atoms with E-state index in [1.165, 1.54) is 38.9 Å². The molecule has 0 amide bonds. The van der Waals surface area contributed by atoms with Crippen LogP contribution in [0.15, 0.2) is 0 Å². The van der Waals surface area contributed by atoms with Crippen LogP contribution in [0.25, 0.3) is 0 Å². The standard InChI is InChI=1S/C10H22N2/c1-3-11-10(2)9-12-7-5-4-6-8-12/h10-11H,3-9H2,1-2H3/t10-/m0/s1. The second kappa shape index (κ2) is 5.55. The van der Waals surface area contributed by atoms with Crippen LogP contribution in [-0.4, -0.2) is 37.1 Å². The lowest BCUT2D eigenvalue weighted by atomic mass is 10.1. The van der Waals surface area contributed by atoms with Crippen molar-refractivity contribution >= 4 is 0 Å². The van der Waals surface area contributed by atoms with Gasteiger partial charge in [0.25, 0.3) is 0 Å². The largest absolute Gasteiger partial charge is 0.313 e. The fourth-order valence-electron chi connectivity index (χ4n) is 1.94. The first kappa shape index (κ1) is 10.0. The summed E-state index contributed by atoms with van der Waals surface area (Å²) in [5.74, 6) is 0. The predicted molar refractivity (Wildman–Crippen MR) is 53.4 cm³/mol. The van der Waals surface area contributed by atoms with Crippen molar-refractivity contribution in [1.29, 1.82) is 0 Å². The summed E-state index contributed by atoms with van der Waals surface area (Å²) in [6, 6.07) is 0.660. The molecule has 1 saturated heterocycles. The van der Waals surface area contributed by atoms with Gasteiger partial charge in [-0.15, -0.1) is 0 Å². The molecule has 1 atom stereocenters. The maximum atomic E-state index is 3.45. The first-order chi connectivity index (χ1) is 5.83. The number of likely N-dealkylation sites (N-methyl/N-ethyl adjacent to an activating group) is 1. The number of nitrogens with one attached hydrogen (secondary N) is 1. The second-order valence-corrected chi connectivity index (χ2v) is 3.82. The minimum atomic E-state index is 0.660. The van der Waals surface area contributed by atoms with Gasteiger partial charge in [-0.1, -0.05) is 13.3 Å². The molecule has 0 aromatic carbocycles. The molecule has 72 valence electrons. The quantitative estimate of drug-likeness (QED) is 0.687. The summed E-state index contributed by atoms with van der Waals surface area (Å²) in [5, 5.41) is 3.45. The van der Waals surface area contributed by atoms with Gasteiger partial charge in [0.15, 0.2) is 0 Å². The third-order valence-corrected chi connectivity index (χ3v) is 2.53. The number of hydrogen-bond acceptors (Lipinski definition) is 2. The molecule has 1 rings (SSSR count). The fraction of sp³-hybridized carbons (Fsp3) is 1.00. The minimum absolute atomic E-state index is 0.660. The third-order valence-electron chi connectivity index (χ3n) is 2.53. The number of nitrogens with zero attached hydrogens (tertiary/aromatic N) is 1. The molecule has 0 bridgehead atoms.